The van der Waals surface area contributed by atoms with E-state index in [2.05, 4.69) is 21.9 Å². The van der Waals surface area contributed by atoms with Crippen molar-refractivity contribution in [3.05, 3.63) is 35.9 Å². The topological polar surface area (TPSA) is 45.1 Å². The number of benzene rings is 1. The highest BCUT2D eigenvalue weighted by Crippen LogP contribution is 2.22. The molecule has 0 atom stereocenters. The second-order valence-corrected chi connectivity index (χ2v) is 4.75. The molecule has 0 N–H and O–H groups in total. The van der Waals surface area contributed by atoms with Crippen LogP contribution in [0.2, 0.25) is 0 Å². The zero-order valence-corrected chi connectivity index (χ0v) is 11.5. The summed E-state index contributed by atoms with van der Waals surface area (Å²) in [6, 6.07) is 10.4. The van der Waals surface area contributed by atoms with Gasteiger partial charge in [-0.15, -0.1) is 4.99 Å². The molecule has 1 aliphatic rings. The van der Waals surface area contributed by atoms with Crippen LogP contribution in [0.4, 0.5) is 4.79 Å². The van der Waals surface area contributed by atoms with Crippen LogP contribution in [0.25, 0.3) is 0 Å². The molecular weight excluding hydrogens is 242 g/mol. The van der Waals surface area contributed by atoms with Gasteiger partial charge in [0, 0.05) is 33.1 Å². The summed E-state index contributed by atoms with van der Waals surface area (Å²) in [6.07, 6.45) is -0.563. The standard InChI is InChI=1S/C14H19N3O2/c1-16-9-12(11-7-5-4-6-8-11)10-17(2)13(16)15-14(18)19-3/h4-8,12H,9-10H2,1-3H3. The molecule has 1 fully saturated rings. The van der Waals surface area contributed by atoms with Gasteiger partial charge in [-0.2, -0.15) is 0 Å². The molecule has 5 nitrogen and oxygen atoms in total. The van der Waals surface area contributed by atoms with Gasteiger partial charge in [0.1, 0.15) is 0 Å². The maximum atomic E-state index is 11.3. The Morgan fingerprint density at radius 1 is 1.21 bits per heavy atom. The van der Waals surface area contributed by atoms with Gasteiger partial charge in [0.25, 0.3) is 0 Å². The van der Waals surface area contributed by atoms with Gasteiger partial charge in [-0.05, 0) is 5.56 Å². The molecule has 2 rings (SSSR count). The third kappa shape index (κ3) is 3.05. The number of carbonyl (C=O) groups excluding carboxylic acids is 1. The lowest BCUT2D eigenvalue weighted by Crippen LogP contribution is -2.50. The molecule has 5 heteroatoms. The number of rotatable bonds is 1. The van der Waals surface area contributed by atoms with Crippen molar-refractivity contribution in [1.82, 2.24) is 9.80 Å². The van der Waals surface area contributed by atoms with Gasteiger partial charge in [0.2, 0.25) is 5.96 Å². The summed E-state index contributed by atoms with van der Waals surface area (Å²) in [6.45, 7) is 1.67. The fourth-order valence-corrected chi connectivity index (χ4v) is 2.41. The van der Waals surface area contributed by atoms with E-state index in [0.29, 0.717) is 11.9 Å². The van der Waals surface area contributed by atoms with Gasteiger partial charge in [-0.3, -0.25) is 0 Å². The average molecular weight is 261 g/mol. The summed E-state index contributed by atoms with van der Waals surface area (Å²) in [4.78, 5) is 19.2. The molecule has 0 saturated carbocycles. The summed E-state index contributed by atoms with van der Waals surface area (Å²) in [5, 5.41) is 0. The average Bonchev–Trinajstić information content (AvgIpc) is 2.43. The van der Waals surface area contributed by atoms with Crippen LogP contribution in [0.5, 0.6) is 0 Å². The highest BCUT2D eigenvalue weighted by atomic mass is 16.5. The van der Waals surface area contributed by atoms with E-state index in [1.165, 1.54) is 12.7 Å². The molecule has 1 aromatic rings. The van der Waals surface area contributed by atoms with Crippen molar-refractivity contribution < 1.29 is 9.53 Å². The fourth-order valence-electron chi connectivity index (χ4n) is 2.41. The smallest absolute Gasteiger partial charge is 0.436 e. The van der Waals surface area contributed by atoms with Crippen LogP contribution in [0.3, 0.4) is 0 Å². The van der Waals surface area contributed by atoms with Gasteiger partial charge >= 0.3 is 6.09 Å². The minimum Gasteiger partial charge on any atom is -0.451 e. The Bertz CT molecular complexity index is 459. The molecule has 1 aromatic carbocycles. The Morgan fingerprint density at radius 3 is 2.32 bits per heavy atom. The molecule has 1 amide bonds. The third-order valence-electron chi connectivity index (χ3n) is 3.31. The maximum Gasteiger partial charge on any atom is 0.436 e. The molecular formula is C14H19N3O2. The second kappa shape index (κ2) is 5.73. The molecule has 102 valence electrons. The van der Waals surface area contributed by atoms with Crippen LogP contribution in [-0.2, 0) is 4.74 Å². The van der Waals surface area contributed by atoms with E-state index >= 15 is 0 Å². The zero-order valence-electron chi connectivity index (χ0n) is 11.5. The largest absolute Gasteiger partial charge is 0.451 e. The summed E-state index contributed by atoms with van der Waals surface area (Å²) in [5.74, 6) is 1.06. The summed E-state index contributed by atoms with van der Waals surface area (Å²) >= 11 is 0. The molecule has 1 saturated heterocycles. The molecule has 0 bridgehead atoms. The number of amides is 1. The minimum absolute atomic E-state index is 0.410. The van der Waals surface area contributed by atoms with Crippen molar-refractivity contribution in [2.45, 2.75) is 5.92 Å². The van der Waals surface area contributed by atoms with Crippen LogP contribution in [-0.4, -0.2) is 56.1 Å². The van der Waals surface area contributed by atoms with E-state index in [4.69, 9.17) is 0 Å². The van der Waals surface area contributed by atoms with Gasteiger partial charge in [-0.25, -0.2) is 4.79 Å². The van der Waals surface area contributed by atoms with Crippen molar-refractivity contribution in [2.24, 2.45) is 4.99 Å². The van der Waals surface area contributed by atoms with Crippen LogP contribution >= 0.6 is 0 Å². The second-order valence-electron chi connectivity index (χ2n) is 4.75. The van der Waals surface area contributed by atoms with E-state index in [1.54, 1.807) is 0 Å². The first kappa shape index (κ1) is 13.4. The maximum absolute atomic E-state index is 11.3. The Morgan fingerprint density at radius 2 is 1.79 bits per heavy atom. The van der Waals surface area contributed by atoms with Crippen molar-refractivity contribution in [2.75, 3.05) is 34.3 Å². The summed E-state index contributed by atoms with van der Waals surface area (Å²) in [7, 11) is 5.21. The van der Waals surface area contributed by atoms with Crippen LogP contribution < -0.4 is 0 Å². The lowest BCUT2D eigenvalue weighted by Gasteiger charge is -2.39. The van der Waals surface area contributed by atoms with Crippen LogP contribution in [0, 0.1) is 0 Å². The SMILES string of the molecule is COC(=O)N=C1N(C)CC(c2ccccc2)CN1C. The van der Waals surface area contributed by atoms with Gasteiger partial charge in [0.05, 0.1) is 7.11 Å². The first-order chi connectivity index (χ1) is 9.11. The van der Waals surface area contributed by atoms with Gasteiger partial charge < -0.3 is 14.5 Å². The van der Waals surface area contributed by atoms with Gasteiger partial charge in [-0.1, -0.05) is 30.3 Å². The van der Waals surface area contributed by atoms with E-state index in [1.807, 2.05) is 42.1 Å². The quantitative estimate of drug-likeness (QED) is 0.773. The van der Waals surface area contributed by atoms with E-state index in [9.17, 15) is 4.79 Å². The van der Waals surface area contributed by atoms with E-state index in [-0.39, 0.29) is 0 Å². The van der Waals surface area contributed by atoms with Gasteiger partial charge in [0.15, 0.2) is 0 Å². The predicted molar refractivity (Wildman–Crippen MR) is 74.3 cm³/mol. The number of nitrogens with zero attached hydrogens (tertiary/aromatic N) is 3. The number of guanidine groups is 1. The number of methoxy groups -OCH3 is 1. The molecule has 0 aliphatic carbocycles. The molecule has 0 radical (unpaired) electrons. The van der Waals surface area contributed by atoms with Crippen LogP contribution in [0.1, 0.15) is 11.5 Å². The number of aliphatic imine (C=N–C) groups is 1. The lowest BCUT2D eigenvalue weighted by molar-refractivity contribution is 0.180. The number of carbonyl (C=O) groups is 1. The highest BCUT2D eigenvalue weighted by Gasteiger charge is 2.27. The monoisotopic (exact) mass is 261 g/mol. The van der Waals surface area contributed by atoms with Crippen LogP contribution in [0.15, 0.2) is 35.3 Å². The normalized spacial score (nSPS) is 19.3. The molecule has 19 heavy (non-hydrogen) atoms. The first-order valence-corrected chi connectivity index (χ1v) is 6.25. The number of hydrogen-bond acceptors (Lipinski definition) is 2. The molecule has 0 unspecified atom stereocenters. The fraction of sp³-hybridized carbons (Fsp3) is 0.429. The minimum atomic E-state index is -0.563. The number of ether oxygens (including phenoxy) is 1. The summed E-state index contributed by atoms with van der Waals surface area (Å²) < 4.78 is 4.58. The van der Waals surface area contributed by atoms with Crippen molar-refractivity contribution in [1.29, 1.82) is 0 Å². The van der Waals surface area contributed by atoms with Crippen molar-refractivity contribution in [3.8, 4) is 0 Å². The lowest BCUT2D eigenvalue weighted by atomic mass is 9.96. The molecule has 1 aliphatic heterocycles. The van der Waals surface area contributed by atoms with E-state index < -0.39 is 6.09 Å². The Kier molecular flexibility index (Phi) is 4.04. The predicted octanol–water partition coefficient (Wildman–Crippen LogP) is 1.77. The van der Waals surface area contributed by atoms with Crippen molar-refractivity contribution in [3.63, 3.8) is 0 Å². The molecule has 0 spiro atoms. The first-order valence-electron chi connectivity index (χ1n) is 6.25. The molecule has 0 aromatic heterocycles. The third-order valence-corrected chi connectivity index (χ3v) is 3.31. The van der Waals surface area contributed by atoms with Crippen molar-refractivity contribution >= 4 is 12.1 Å². The number of likely N-dealkylation sites (N-methyl/N-ethyl adjacent to an activating group) is 2. The Balaban J connectivity index is 2.15. The zero-order chi connectivity index (χ0) is 13.8. The summed E-state index contributed by atoms with van der Waals surface area (Å²) in [5.41, 5.74) is 1.30. The number of hydrogen-bond donors (Lipinski definition) is 0. The Hall–Kier alpha value is -2.04. The Labute approximate surface area is 113 Å². The molecule has 1 heterocycles. The highest BCUT2D eigenvalue weighted by molar-refractivity contribution is 5.90. The van der Waals surface area contributed by atoms with E-state index in [0.717, 1.165) is 13.1 Å².